The number of para-hydroxylation sites is 2. The molecule has 0 saturated carbocycles. The second-order valence-corrected chi connectivity index (χ2v) is 6.44. The van der Waals surface area contributed by atoms with Crippen LogP contribution in [-0.4, -0.2) is 55.2 Å². The topological polar surface area (TPSA) is 54.9 Å². The number of benzene rings is 1. The third-order valence-electron chi connectivity index (χ3n) is 4.53. The van der Waals surface area contributed by atoms with Crippen LogP contribution < -0.4 is 14.4 Å². The van der Waals surface area contributed by atoms with E-state index in [1.807, 2.05) is 17.9 Å². The Bertz CT molecular complexity index is 820. The van der Waals surface area contributed by atoms with Gasteiger partial charge in [-0.15, -0.1) is 0 Å². The summed E-state index contributed by atoms with van der Waals surface area (Å²) in [5, 5.41) is 0. The number of anilines is 1. The zero-order chi connectivity index (χ0) is 20.9. The number of amides is 1. The number of piperazine rings is 1. The lowest BCUT2D eigenvalue weighted by Gasteiger charge is -2.35. The zero-order valence-electron chi connectivity index (χ0n) is 16.0. The first-order valence-electron chi connectivity index (χ1n) is 9.29. The first-order valence-corrected chi connectivity index (χ1v) is 9.29. The van der Waals surface area contributed by atoms with Crippen molar-refractivity contribution in [2.45, 2.75) is 13.1 Å². The first kappa shape index (κ1) is 20.8. The van der Waals surface area contributed by atoms with Crippen molar-refractivity contribution < 1.29 is 27.4 Å². The Morgan fingerprint density at radius 2 is 1.69 bits per heavy atom. The predicted octanol–water partition coefficient (Wildman–Crippen LogP) is 3.23. The lowest BCUT2D eigenvalue weighted by Crippen LogP contribution is -2.50. The van der Waals surface area contributed by atoms with E-state index in [9.17, 15) is 18.0 Å². The summed E-state index contributed by atoms with van der Waals surface area (Å²) in [5.74, 6) is 1.40. The predicted molar refractivity (Wildman–Crippen MR) is 101 cm³/mol. The largest absolute Gasteiger partial charge is 0.490 e. The van der Waals surface area contributed by atoms with E-state index < -0.39 is 11.7 Å². The molecule has 1 saturated heterocycles. The van der Waals surface area contributed by atoms with Gasteiger partial charge < -0.3 is 19.3 Å². The van der Waals surface area contributed by atoms with Gasteiger partial charge in [-0.25, -0.2) is 4.98 Å². The van der Waals surface area contributed by atoms with Gasteiger partial charge in [-0.05, 0) is 31.2 Å². The van der Waals surface area contributed by atoms with Crippen molar-refractivity contribution in [2.75, 3.05) is 44.3 Å². The van der Waals surface area contributed by atoms with Crippen LogP contribution in [0.5, 0.6) is 11.5 Å². The number of rotatable bonds is 6. The molecule has 29 heavy (non-hydrogen) atoms. The van der Waals surface area contributed by atoms with Crippen LogP contribution in [0.1, 0.15) is 12.5 Å². The van der Waals surface area contributed by atoms with Gasteiger partial charge in [-0.1, -0.05) is 12.1 Å². The third-order valence-corrected chi connectivity index (χ3v) is 4.53. The molecule has 9 heteroatoms. The molecular formula is C20H22F3N3O3. The number of alkyl halides is 3. The Balaban J connectivity index is 1.51. The van der Waals surface area contributed by atoms with Crippen LogP contribution in [0.15, 0.2) is 42.6 Å². The molecule has 0 spiro atoms. The van der Waals surface area contributed by atoms with Gasteiger partial charge >= 0.3 is 6.18 Å². The quantitative estimate of drug-likeness (QED) is 0.733. The van der Waals surface area contributed by atoms with E-state index in [0.29, 0.717) is 50.1 Å². The first-order chi connectivity index (χ1) is 13.9. The molecule has 2 aromatic rings. The molecule has 0 bridgehead atoms. The highest BCUT2D eigenvalue weighted by Crippen LogP contribution is 2.29. The summed E-state index contributed by atoms with van der Waals surface area (Å²) in [6, 6.07) is 9.52. The molecule has 1 aromatic heterocycles. The van der Waals surface area contributed by atoms with Crippen molar-refractivity contribution in [3.8, 4) is 11.5 Å². The fraction of sp³-hybridized carbons (Fsp3) is 0.400. The van der Waals surface area contributed by atoms with E-state index in [4.69, 9.17) is 9.47 Å². The second kappa shape index (κ2) is 9.02. The average Bonchev–Trinajstić information content (AvgIpc) is 2.73. The van der Waals surface area contributed by atoms with Gasteiger partial charge in [0.25, 0.3) is 5.91 Å². The molecule has 1 aliphatic heterocycles. The molecule has 2 heterocycles. The van der Waals surface area contributed by atoms with Crippen molar-refractivity contribution >= 4 is 11.7 Å². The van der Waals surface area contributed by atoms with E-state index in [0.717, 1.165) is 12.3 Å². The summed E-state index contributed by atoms with van der Waals surface area (Å²) >= 11 is 0. The van der Waals surface area contributed by atoms with Crippen LogP contribution in [0.3, 0.4) is 0 Å². The lowest BCUT2D eigenvalue weighted by atomic mass is 10.2. The maximum absolute atomic E-state index is 12.6. The molecule has 1 fully saturated rings. The summed E-state index contributed by atoms with van der Waals surface area (Å²) in [6.07, 6.45) is -3.58. The van der Waals surface area contributed by atoms with Crippen molar-refractivity contribution in [3.05, 3.63) is 48.2 Å². The molecule has 0 atom stereocenters. The number of carbonyl (C=O) groups is 1. The number of ether oxygens (including phenoxy) is 2. The monoisotopic (exact) mass is 409 g/mol. The van der Waals surface area contributed by atoms with Crippen LogP contribution in [0.25, 0.3) is 0 Å². The Kier molecular flexibility index (Phi) is 6.46. The van der Waals surface area contributed by atoms with Crippen molar-refractivity contribution in [2.24, 2.45) is 0 Å². The molecule has 3 rings (SSSR count). The Morgan fingerprint density at radius 3 is 2.24 bits per heavy atom. The van der Waals surface area contributed by atoms with Crippen molar-refractivity contribution in [1.82, 2.24) is 9.88 Å². The Labute approximate surface area is 166 Å². The highest BCUT2D eigenvalue weighted by atomic mass is 19.4. The van der Waals surface area contributed by atoms with Gasteiger partial charge in [0.05, 0.1) is 12.2 Å². The number of halogens is 3. The summed E-state index contributed by atoms with van der Waals surface area (Å²) in [7, 11) is 0. The average molecular weight is 409 g/mol. The summed E-state index contributed by atoms with van der Waals surface area (Å²) in [4.78, 5) is 19.9. The molecule has 0 N–H and O–H groups in total. The van der Waals surface area contributed by atoms with Gasteiger partial charge in [0.1, 0.15) is 5.82 Å². The third kappa shape index (κ3) is 5.30. The normalized spacial score (nSPS) is 14.6. The van der Waals surface area contributed by atoms with Crippen LogP contribution in [0.2, 0.25) is 0 Å². The molecular weight excluding hydrogens is 387 g/mol. The number of nitrogens with zero attached hydrogens (tertiary/aromatic N) is 3. The molecule has 0 unspecified atom stereocenters. The zero-order valence-corrected chi connectivity index (χ0v) is 16.0. The Morgan fingerprint density at radius 1 is 1.03 bits per heavy atom. The summed E-state index contributed by atoms with van der Waals surface area (Å²) in [6.45, 7) is 4.11. The fourth-order valence-corrected chi connectivity index (χ4v) is 3.00. The minimum Gasteiger partial charge on any atom is -0.490 e. The summed E-state index contributed by atoms with van der Waals surface area (Å²) < 4.78 is 49.0. The van der Waals surface area contributed by atoms with Crippen LogP contribution in [0.4, 0.5) is 19.0 Å². The Hall–Kier alpha value is -2.97. The fourth-order valence-electron chi connectivity index (χ4n) is 3.00. The molecule has 0 radical (unpaired) electrons. The minimum atomic E-state index is -4.41. The molecule has 1 aliphatic rings. The number of aromatic nitrogens is 1. The van der Waals surface area contributed by atoms with Gasteiger partial charge in [-0.2, -0.15) is 13.2 Å². The lowest BCUT2D eigenvalue weighted by molar-refractivity contribution is -0.138. The molecule has 1 amide bonds. The van der Waals surface area contributed by atoms with Crippen LogP contribution in [-0.2, 0) is 11.0 Å². The van der Waals surface area contributed by atoms with E-state index in [1.54, 1.807) is 23.1 Å². The van der Waals surface area contributed by atoms with Gasteiger partial charge in [-0.3, -0.25) is 4.79 Å². The maximum atomic E-state index is 12.6. The van der Waals surface area contributed by atoms with Gasteiger partial charge in [0.2, 0.25) is 0 Å². The number of hydrogen-bond acceptors (Lipinski definition) is 5. The highest BCUT2D eigenvalue weighted by Gasteiger charge is 2.31. The molecule has 0 aliphatic carbocycles. The molecule has 1 aromatic carbocycles. The number of carbonyl (C=O) groups excluding carboxylic acids is 1. The maximum Gasteiger partial charge on any atom is 0.417 e. The number of pyridine rings is 1. The van der Waals surface area contributed by atoms with E-state index in [-0.39, 0.29) is 12.5 Å². The number of hydrogen-bond donors (Lipinski definition) is 0. The smallest absolute Gasteiger partial charge is 0.417 e. The van der Waals surface area contributed by atoms with Crippen molar-refractivity contribution in [3.63, 3.8) is 0 Å². The highest BCUT2D eigenvalue weighted by molar-refractivity contribution is 5.78. The molecule has 156 valence electrons. The van der Waals surface area contributed by atoms with Crippen LogP contribution in [0, 0.1) is 0 Å². The molecule has 6 nitrogen and oxygen atoms in total. The minimum absolute atomic E-state index is 0.109. The van der Waals surface area contributed by atoms with E-state index in [1.165, 1.54) is 6.07 Å². The SMILES string of the molecule is CCOc1ccccc1OCC(=O)N1CCN(c2ccc(C(F)(F)F)cn2)CC1. The summed E-state index contributed by atoms with van der Waals surface area (Å²) in [5.41, 5.74) is -0.778. The van der Waals surface area contributed by atoms with Gasteiger partial charge in [0.15, 0.2) is 18.1 Å². The van der Waals surface area contributed by atoms with Crippen molar-refractivity contribution in [1.29, 1.82) is 0 Å². The van der Waals surface area contributed by atoms with E-state index >= 15 is 0 Å². The van der Waals surface area contributed by atoms with Gasteiger partial charge in [0, 0.05) is 32.4 Å². The standard InChI is InChI=1S/C20H22F3N3O3/c1-2-28-16-5-3-4-6-17(16)29-14-19(27)26-11-9-25(10-12-26)18-8-7-15(13-24-18)20(21,22)23/h3-8,13H,2,9-12,14H2,1H3. The second-order valence-electron chi connectivity index (χ2n) is 6.44. The van der Waals surface area contributed by atoms with E-state index in [2.05, 4.69) is 4.98 Å². The van der Waals surface area contributed by atoms with Crippen LogP contribution >= 0.6 is 0 Å².